The number of hydrogen-bond acceptors (Lipinski definition) is 6. The molecule has 0 spiro atoms. The minimum Gasteiger partial charge on any atom is -0.472 e. The zero-order valence-corrected chi connectivity index (χ0v) is 14.3. The molecule has 3 amide bonds. The summed E-state index contributed by atoms with van der Waals surface area (Å²) in [4.78, 5) is 56.0. The standard InChI is InChI=1S/C19H16N2O6/c22-16(13-7-10-26-11-13)20-8-5-12(6-9-20)19(25)27-21-17(23)14-3-1-2-4-15(14)18(21)24/h1-4,7,10-12H,5-6,8-9H2. The molecule has 2 aliphatic heterocycles. The Kier molecular flexibility index (Phi) is 4.23. The van der Waals surface area contributed by atoms with Crippen LogP contribution in [-0.2, 0) is 9.63 Å². The molecule has 2 aromatic rings. The van der Waals surface area contributed by atoms with Crippen molar-refractivity contribution >= 4 is 23.7 Å². The summed E-state index contributed by atoms with van der Waals surface area (Å²) in [6.45, 7) is 0.762. The van der Waals surface area contributed by atoms with Gasteiger partial charge in [-0.05, 0) is 31.0 Å². The van der Waals surface area contributed by atoms with E-state index in [1.54, 1.807) is 23.1 Å². The first kappa shape index (κ1) is 17.0. The average molecular weight is 368 g/mol. The highest BCUT2D eigenvalue weighted by atomic mass is 16.7. The van der Waals surface area contributed by atoms with Crippen molar-refractivity contribution in [3.8, 4) is 0 Å². The number of carbonyl (C=O) groups is 4. The Labute approximate surface area is 154 Å². The van der Waals surface area contributed by atoms with Gasteiger partial charge in [0.25, 0.3) is 17.7 Å². The van der Waals surface area contributed by atoms with Gasteiger partial charge in [0.1, 0.15) is 6.26 Å². The number of rotatable bonds is 3. The molecule has 4 rings (SSSR count). The molecular formula is C19H16N2O6. The van der Waals surface area contributed by atoms with Gasteiger partial charge in [0.15, 0.2) is 0 Å². The lowest BCUT2D eigenvalue weighted by Crippen LogP contribution is -2.42. The van der Waals surface area contributed by atoms with Crippen molar-refractivity contribution in [3.63, 3.8) is 0 Å². The SMILES string of the molecule is O=C(ON1C(=O)c2ccccc2C1=O)C1CCN(C(=O)c2ccoc2)CC1. The van der Waals surface area contributed by atoms with Crippen LogP contribution in [0.4, 0.5) is 0 Å². The van der Waals surface area contributed by atoms with Gasteiger partial charge in [0.05, 0.1) is 28.9 Å². The summed E-state index contributed by atoms with van der Waals surface area (Å²) in [5, 5.41) is 0.524. The monoisotopic (exact) mass is 368 g/mol. The van der Waals surface area contributed by atoms with Crippen LogP contribution < -0.4 is 0 Å². The number of furan rings is 1. The first-order chi connectivity index (χ1) is 13.1. The van der Waals surface area contributed by atoms with Gasteiger partial charge in [0.2, 0.25) is 0 Å². The average Bonchev–Trinajstić information content (AvgIpc) is 3.32. The molecule has 0 bridgehead atoms. The van der Waals surface area contributed by atoms with Gasteiger partial charge in [-0.15, -0.1) is 0 Å². The fourth-order valence-electron chi connectivity index (χ4n) is 3.30. The fraction of sp³-hybridized carbons (Fsp3) is 0.263. The first-order valence-corrected chi connectivity index (χ1v) is 8.57. The van der Waals surface area contributed by atoms with Crippen LogP contribution in [0.15, 0.2) is 47.3 Å². The fourth-order valence-corrected chi connectivity index (χ4v) is 3.30. The van der Waals surface area contributed by atoms with Crippen LogP contribution in [0.3, 0.4) is 0 Å². The molecular weight excluding hydrogens is 352 g/mol. The molecule has 1 saturated heterocycles. The number of carbonyl (C=O) groups excluding carboxylic acids is 4. The van der Waals surface area contributed by atoms with E-state index in [1.165, 1.54) is 24.7 Å². The van der Waals surface area contributed by atoms with Crippen molar-refractivity contribution in [2.24, 2.45) is 5.92 Å². The van der Waals surface area contributed by atoms with Crippen molar-refractivity contribution in [1.29, 1.82) is 0 Å². The number of amides is 3. The predicted octanol–water partition coefficient (Wildman–Crippen LogP) is 1.89. The van der Waals surface area contributed by atoms with Gasteiger partial charge in [-0.2, -0.15) is 0 Å². The van der Waals surface area contributed by atoms with Crippen LogP contribution in [0.5, 0.6) is 0 Å². The Hall–Kier alpha value is -3.42. The maximum atomic E-state index is 12.4. The largest absolute Gasteiger partial charge is 0.472 e. The first-order valence-electron chi connectivity index (χ1n) is 8.57. The quantitative estimate of drug-likeness (QED) is 0.768. The van der Waals surface area contributed by atoms with E-state index in [0.29, 0.717) is 36.6 Å². The molecule has 1 aromatic heterocycles. The third-order valence-corrected chi connectivity index (χ3v) is 4.82. The molecule has 2 aliphatic rings. The number of imide groups is 1. The Balaban J connectivity index is 1.36. The Morgan fingerprint density at radius 1 is 1.00 bits per heavy atom. The number of benzene rings is 1. The smallest absolute Gasteiger partial charge is 0.336 e. The van der Waals surface area contributed by atoms with Gasteiger partial charge < -0.3 is 14.2 Å². The van der Waals surface area contributed by atoms with Crippen LogP contribution in [0.2, 0.25) is 0 Å². The summed E-state index contributed by atoms with van der Waals surface area (Å²) in [6, 6.07) is 7.90. The summed E-state index contributed by atoms with van der Waals surface area (Å²) in [5.74, 6) is -2.56. The number of piperidine rings is 1. The van der Waals surface area contributed by atoms with E-state index >= 15 is 0 Å². The van der Waals surface area contributed by atoms with E-state index in [4.69, 9.17) is 9.25 Å². The number of likely N-dealkylation sites (tertiary alicyclic amines) is 1. The highest BCUT2D eigenvalue weighted by Gasteiger charge is 2.40. The predicted molar refractivity (Wildman–Crippen MR) is 90.4 cm³/mol. The van der Waals surface area contributed by atoms with E-state index in [9.17, 15) is 19.2 Å². The highest BCUT2D eigenvalue weighted by Crippen LogP contribution is 2.25. The molecule has 3 heterocycles. The maximum absolute atomic E-state index is 12.4. The highest BCUT2D eigenvalue weighted by molar-refractivity contribution is 6.20. The van der Waals surface area contributed by atoms with Gasteiger partial charge in [0, 0.05) is 13.1 Å². The molecule has 0 atom stereocenters. The van der Waals surface area contributed by atoms with Crippen molar-refractivity contribution < 1.29 is 28.4 Å². The molecule has 8 nitrogen and oxygen atoms in total. The van der Waals surface area contributed by atoms with Gasteiger partial charge in [-0.3, -0.25) is 14.4 Å². The lowest BCUT2D eigenvalue weighted by atomic mass is 9.97. The number of nitrogens with zero attached hydrogens (tertiary/aromatic N) is 2. The normalized spacial score (nSPS) is 17.2. The summed E-state index contributed by atoms with van der Waals surface area (Å²) < 4.78 is 4.92. The summed E-state index contributed by atoms with van der Waals surface area (Å²) in [6.07, 6.45) is 3.60. The van der Waals surface area contributed by atoms with E-state index in [1.807, 2.05) is 0 Å². The third kappa shape index (κ3) is 2.99. The minimum atomic E-state index is -0.642. The third-order valence-electron chi connectivity index (χ3n) is 4.82. The number of fused-ring (bicyclic) bond motifs is 1. The Morgan fingerprint density at radius 3 is 2.19 bits per heavy atom. The second-order valence-corrected chi connectivity index (χ2v) is 6.44. The summed E-state index contributed by atoms with van der Waals surface area (Å²) in [5.41, 5.74) is 0.897. The van der Waals surface area contributed by atoms with Crippen molar-refractivity contribution in [2.75, 3.05) is 13.1 Å². The maximum Gasteiger partial charge on any atom is 0.336 e. The summed E-state index contributed by atoms with van der Waals surface area (Å²) in [7, 11) is 0. The Morgan fingerprint density at radius 2 is 1.63 bits per heavy atom. The lowest BCUT2D eigenvalue weighted by Gasteiger charge is -2.30. The van der Waals surface area contributed by atoms with Crippen LogP contribution >= 0.6 is 0 Å². The lowest BCUT2D eigenvalue weighted by molar-refractivity contribution is -0.175. The van der Waals surface area contributed by atoms with E-state index in [-0.39, 0.29) is 17.0 Å². The molecule has 1 aromatic carbocycles. The molecule has 0 N–H and O–H groups in total. The van der Waals surface area contributed by atoms with Crippen molar-refractivity contribution in [3.05, 3.63) is 59.5 Å². The van der Waals surface area contributed by atoms with E-state index in [0.717, 1.165) is 0 Å². The zero-order chi connectivity index (χ0) is 19.0. The van der Waals surface area contributed by atoms with Crippen LogP contribution in [0, 0.1) is 5.92 Å². The second-order valence-electron chi connectivity index (χ2n) is 6.44. The van der Waals surface area contributed by atoms with Crippen molar-refractivity contribution in [2.45, 2.75) is 12.8 Å². The minimum absolute atomic E-state index is 0.157. The number of hydroxylamine groups is 2. The van der Waals surface area contributed by atoms with Crippen LogP contribution in [0.1, 0.15) is 43.9 Å². The van der Waals surface area contributed by atoms with Gasteiger partial charge in [-0.1, -0.05) is 17.2 Å². The molecule has 8 heteroatoms. The number of hydrogen-bond donors (Lipinski definition) is 0. The molecule has 0 aliphatic carbocycles. The van der Waals surface area contributed by atoms with E-state index < -0.39 is 23.7 Å². The molecule has 0 unspecified atom stereocenters. The molecule has 0 saturated carbocycles. The summed E-state index contributed by atoms with van der Waals surface area (Å²) >= 11 is 0. The van der Waals surface area contributed by atoms with Crippen LogP contribution in [-0.4, -0.2) is 46.7 Å². The molecule has 27 heavy (non-hydrogen) atoms. The van der Waals surface area contributed by atoms with Gasteiger partial charge >= 0.3 is 5.97 Å². The van der Waals surface area contributed by atoms with Crippen LogP contribution in [0.25, 0.3) is 0 Å². The molecule has 0 radical (unpaired) electrons. The second kappa shape index (κ2) is 6.71. The zero-order valence-electron chi connectivity index (χ0n) is 14.3. The van der Waals surface area contributed by atoms with Gasteiger partial charge in [-0.25, -0.2) is 4.79 Å². The van der Waals surface area contributed by atoms with Crippen molar-refractivity contribution in [1.82, 2.24) is 9.96 Å². The molecule has 1 fully saturated rings. The Bertz CT molecular complexity index is 877. The molecule has 138 valence electrons. The topological polar surface area (TPSA) is 97.1 Å². The van der Waals surface area contributed by atoms with E-state index in [2.05, 4.69) is 0 Å².